The number of ether oxygens (including phenoxy) is 2. The molecular weight excluding hydrogens is 410 g/mol. The number of benzene rings is 3. The second-order valence-electron chi connectivity index (χ2n) is 9.86. The first-order valence-electron chi connectivity index (χ1n) is 12.1. The first kappa shape index (κ1) is 20.5. The molecule has 4 nitrogen and oxygen atoms in total. The van der Waals surface area contributed by atoms with Crippen LogP contribution in [0.2, 0.25) is 0 Å². The van der Waals surface area contributed by atoms with Crippen LogP contribution in [0.3, 0.4) is 0 Å². The zero-order chi connectivity index (χ0) is 22.4. The number of piperidine rings is 3. The van der Waals surface area contributed by atoms with Crippen molar-refractivity contribution in [1.82, 2.24) is 0 Å². The zero-order valence-corrected chi connectivity index (χ0v) is 19.0. The van der Waals surface area contributed by atoms with Crippen molar-refractivity contribution in [2.75, 3.05) is 19.6 Å². The van der Waals surface area contributed by atoms with Crippen LogP contribution in [-0.4, -0.2) is 36.2 Å². The summed E-state index contributed by atoms with van der Waals surface area (Å²) in [4.78, 5) is 13.7. The average Bonchev–Trinajstić information content (AvgIpc) is 2.88. The van der Waals surface area contributed by atoms with E-state index in [9.17, 15) is 4.79 Å². The average molecular weight is 441 g/mol. The summed E-state index contributed by atoms with van der Waals surface area (Å²) in [6.07, 6.45) is 2.21. The Morgan fingerprint density at radius 1 is 0.879 bits per heavy atom. The van der Waals surface area contributed by atoms with E-state index in [-0.39, 0.29) is 12.1 Å². The minimum absolute atomic E-state index is 0.0340. The monoisotopic (exact) mass is 440 g/mol. The molecule has 7 rings (SSSR count). The van der Waals surface area contributed by atoms with Crippen LogP contribution in [0.4, 0.5) is 0 Å². The number of esters is 1. The molecule has 0 N–H and O–H groups in total. The maximum absolute atomic E-state index is 13.7. The van der Waals surface area contributed by atoms with Gasteiger partial charge in [0.15, 0.2) is 6.10 Å². The van der Waals surface area contributed by atoms with E-state index >= 15 is 0 Å². The molecule has 0 aliphatic carbocycles. The Bertz CT molecular complexity index is 1120. The number of carbonyl (C=O) groups excluding carboxylic acids is 1. The van der Waals surface area contributed by atoms with Crippen LogP contribution in [0.25, 0.3) is 0 Å². The summed E-state index contributed by atoms with van der Waals surface area (Å²) in [5.74, 6) is 1.35. The number of rotatable bonds is 4. The number of carbonyl (C=O) groups is 1. The predicted octanol–water partition coefficient (Wildman–Crippen LogP) is 5.84. The number of fused-ring (bicyclic) bond motifs is 5. The SMILES string of the molecule is CC(c1ccccc1)[N+]12CCC(CC1)C(OC(=O)C1c3ccccc3Oc3ccccc31)C2. The number of quaternary nitrogens is 1. The fraction of sp³-hybridized carbons (Fsp3) is 0.345. The van der Waals surface area contributed by atoms with Gasteiger partial charge in [0.2, 0.25) is 0 Å². The number of hydrogen-bond donors (Lipinski definition) is 0. The highest BCUT2D eigenvalue weighted by molar-refractivity contribution is 5.85. The van der Waals surface area contributed by atoms with Gasteiger partial charge in [-0.2, -0.15) is 0 Å². The molecule has 4 aliphatic heterocycles. The lowest BCUT2D eigenvalue weighted by atomic mass is 9.81. The molecule has 2 atom stereocenters. The van der Waals surface area contributed by atoms with Crippen LogP contribution < -0.4 is 4.74 Å². The lowest BCUT2D eigenvalue weighted by molar-refractivity contribution is -0.972. The Morgan fingerprint density at radius 2 is 1.45 bits per heavy atom. The highest BCUT2D eigenvalue weighted by Crippen LogP contribution is 2.46. The smallest absolute Gasteiger partial charge is 0.318 e. The predicted molar refractivity (Wildman–Crippen MR) is 127 cm³/mol. The molecular formula is C29H30NO3+. The van der Waals surface area contributed by atoms with Crippen LogP contribution in [0.15, 0.2) is 78.9 Å². The van der Waals surface area contributed by atoms with E-state index < -0.39 is 5.92 Å². The molecule has 4 heteroatoms. The largest absolute Gasteiger partial charge is 0.457 e. The molecule has 4 aliphatic rings. The van der Waals surface area contributed by atoms with Gasteiger partial charge >= 0.3 is 5.97 Å². The van der Waals surface area contributed by atoms with Crippen molar-refractivity contribution in [1.29, 1.82) is 0 Å². The van der Waals surface area contributed by atoms with E-state index in [1.54, 1.807) is 0 Å². The molecule has 3 fully saturated rings. The van der Waals surface area contributed by atoms with Crippen molar-refractivity contribution in [2.24, 2.45) is 5.92 Å². The molecule has 2 bridgehead atoms. The molecule has 4 heterocycles. The van der Waals surface area contributed by atoms with Crippen LogP contribution in [-0.2, 0) is 9.53 Å². The Morgan fingerprint density at radius 3 is 2.09 bits per heavy atom. The van der Waals surface area contributed by atoms with Gasteiger partial charge in [0.05, 0.1) is 13.1 Å². The van der Waals surface area contributed by atoms with E-state index in [0.717, 1.165) is 59.6 Å². The molecule has 0 radical (unpaired) electrons. The van der Waals surface area contributed by atoms with Crippen LogP contribution >= 0.6 is 0 Å². The number of nitrogens with zero attached hydrogens (tertiary/aromatic N) is 1. The van der Waals surface area contributed by atoms with Crippen molar-refractivity contribution in [3.05, 3.63) is 95.6 Å². The van der Waals surface area contributed by atoms with E-state index in [2.05, 4.69) is 37.3 Å². The second-order valence-corrected chi connectivity index (χ2v) is 9.86. The summed E-state index contributed by atoms with van der Waals surface area (Å²) in [6, 6.07) is 26.8. The maximum atomic E-state index is 13.7. The quantitative estimate of drug-likeness (QED) is 0.378. The van der Waals surface area contributed by atoms with Crippen molar-refractivity contribution in [3.63, 3.8) is 0 Å². The fourth-order valence-electron chi connectivity index (χ4n) is 6.27. The minimum atomic E-state index is -0.443. The topological polar surface area (TPSA) is 35.5 Å². The van der Waals surface area contributed by atoms with Crippen molar-refractivity contribution in [2.45, 2.75) is 37.8 Å². The highest BCUT2D eigenvalue weighted by Gasteiger charge is 2.51. The fourth-order valence-corrected chi connectivity index (χ4v) is 6.27. The van der Waals surface area contributed by atoms with Gasteiger partial charge in [-0.3, -0.25) is 4.79 Å². The van der Waals surface area contributed by atoms with Crippen LogP contribution in [0, 0.1) is 5.92 Å². The molecule has 0 saturated carbocycles. The van der Waals surface area contributed by atoms with Gasteiger partial charge in [-0.15, -0.1) is 0 Å². The minimum Gasteiger partial charge on any atom is -0.457 e. The molecule has 0 spiro atoms. The summed E-state index contributed by atoms with van der Waals surface area (Å²) in [7, 11) is 0. The Labute approximate surface area is 195 Å². The lowest BCUT2D eigenvalue weighted by Gasteiger charge is -2.55. The van der Waals surface area contributed by atoms with E-state index in [1.165, 1.54) is 5.56 Å². The summed E-state index contributed by atoms with van der Waals surface area (Å²) in [5, 5.41) is 0. The molecule has 0 aromatic heterocycles. The van der Waals surface area contributed by atoms with Gasteiger partial charge in [0.1, 0.15) is 30.0 Å². The molecule has 33 heavy (non-hydrogen) atoms. The molecule has 3 aromatic rings. The van der Waals surface area contributed by atoms with Crippen molar-refractivity contribution in [3.8, 4) is 11.5 Å². The van der Waals surface area contributed by atoms with Crippen LogP contribution in [0.1, 0.15) is 48.4 Å². The highest BCUT2D eigenvalue weighted by atomic mass is 16.5. The Hall–Kier alpha value is -3.11. The Balaban J connectivity index is 1.28. The lowest BCUT2D eigenvalue weighted by Crippen LogP contribution is -2.65. The third kappa shape index (κ3) is 3.44. The van der Waals surface area contributed by atoms with E-state index in [1.807, 2.05) is 48.5 Å². The standard InChI is InChI=1S/C29H30NO3/c1-20(21-9-3-2-4-10-21)30-17-15-22(16-18-30)27(19-30)33-29(31)28-23-11-5-7-13-25(23)32-26-14-8-6-12-24(26)28/h2-14,20,22,27-28H,15-19H2,1H3/q+1. The van der Waals surface area contributed by atoms with E-state index in [4.69, 9.17) is 9.47 Å². The summed E-state index contributed by atoms with van der Waals surface area (Å²) in [5.41, 5.74) is 3.16. The molecule has 2 unspecified atom stereocenters. The summed E-state index contributed by atoms with van der Waals surface area (Å²) >= 11 is 0. The zero-order valence-electron chi connectivity index (χ0n) is 19.0. The number of hydrogen-bond acceptors (Lipinski definition) is 3. The molecule has 3 aromatic carbocycles. The summed E-state index contributed by atoms with van der Waals surface area (Å²) in [6.45, 7) is 5.57. The third-order valence-electron chi connectivity index (χ3n) is 8.25. The normalized spacial score (nSPS) is 26.6. The molecule has 3 saturated heterocycles. The maximum Gasteiger partial charge on any atom is 0.318 e. The van der Waals surface area contributed by atoms with Gasteiger partial charge in [0, 0.05) is 35.4 Å². The van der Waals surface area contributed by atoms with Crippen LogP contribution in [0.5, 0.6) is 11.5 Å². The van der Waals surface area contributed by atoms with Crippen molar-refractivity contribution < 1.29 is 18.8 Å². The number of para-hydroxylation sites is 2. The summed E-state index contributed by atoms with van der Waals surface area (Å²) < 4.78 is 13.5. The second kappa shape index (κ2) is 8.03. The molecule has 168 valence electrons. The molecule has 0 amide bonds. The van der Waals surface area contributed by atoms with Gasteiger partial charge < -0.3 is 14.0 Å². The van der Waals surface area contributed by atoms with E-state index in [0.29, 0.717) is 12.0 Å². The third-order valence-corrected chi connectivity index (χ3v) is 8.25. The van der Waals surface area contributed by atoms with Crippen molar-refractivity contribution >= 4 is 5.97 Å². The Kier molecular flexibility index (Phi) is 4.99. The van der Waals surface area contributed by atoms with Gasteiger partial charge in [0.25, 0.3) is 0 Å². The van der Waals surface area contributed by atoms with Gasteiger partial charge in [-0.25, -0.2) is 0 Å². The van der Waals surface area contributed by atoms with Gasteiger partial charge in [-0.1, -0.05) is 66.7 Å². The first-order chi connectivity index (χ1) is 16.1. The van der Waals surface area contributed by atoms with Gasteiger partial charge in [-0.05, 0) is 19.1 Å². The first-order valence-corrected chi connectivity index (χ1v) is 12.1.